The molecule has 2 aliphatic rings. The molecule has 1 saturated heterocycles. The molecule has 0 aliphatic carbocycles. The number of rotatable bonds is 6. The van der Waals surface area contributed by atoms with Gasteiger partial charge in [0.05, 0.1) is 16.7 Å². The maximum atomic E-state index is 12.5. The lowest BCUT2D eigenvalue weighted by atomic mass is 10.1. The zero-order valence-electron chi connectivity index (χ0n) is 15.7. The number of amides is 5. The first-order valence-corrected chi connectivity index (χ1v) is 9.15. The van der Waals surface area contributed by atoms with Gasteiger partial charge in [0.1, 0.15) is 0 Å². The van der Waals surface area contributed by atoms with Gasteiger partial charge in [0.15, 0.2) is 6.10 Å². The van der Waals surface area contributed by atoms with Crippen LogP contribution in [-0.4, -0.2) is 65.3 Å². The third-order valence-electron chi connectivity index (χ3n) is 4.70. The van der Waals surface area contributed by atoms with Crippen LogP contribution >= 0.6 is 0 Å². The molecule has 0 bridgehead atoms. The number of hydrogen-bond donors (Lipinski definition) is 1. The summed E-state index contributed by atoms with van der Waals surface area (Å²) in [7, 11) is 0. The summed E-state index contributed by atoms with van der Waals surface area (Å²) >= 11 is 0. The molecule has 0 unspecified atom stereocenters. The minimum Gasteiger partial charge on any atom is -0.449 e. The molecule has 3 rings (SSSR count). The van der Waals surface area contributed by atoms with Crippen molar-refractivity contribution in [3.8, 4) is 0 Å². The predicted octanol–water partition coefficient (Wildman–Crippen LogP) is 1.18. The van der Waals surface area contributed by atoms with E-state index < -0.39 is 29.9 Å². The van der Waals surface area contributed by atoms with E-state index in [1.807, 2.05) is 6.92 Å². The second-order valence-electron chi connectivity index (χ2n) is 6.65. The molecule has 0 radical (unpaired) electrons. The highest BCUT2D eigenvalue weighted by Crippen LogP contribution is 2.25. The molecule has 0 aromatic heterocycles. The number of unbranched alkanes of at least 4 members (excludes halogenated alkanes) is 1. The first-order valence-electron chi connectivity index (χ1n) is 9.15. The van der Waals surface area contributed by atoms with E-state index in [4.69, 9.17) is 4.74 Å². The number of hydrogen-bond acceptors (Lipinski definition) is 6. The van der Waals surface area contributed by atoms with Gasteiger partial charge in [0, 0.05) is 19.6 Å². The van der Waals surface area contributed by atoms with Gasteiger partial charge in [-0.25, -0.2) is 9.59 Å². The van der Waals surface area contributed by atoms with Crippen LogP contribution in [0.3, 0.4) is 0 Å². The summed E-state index contributed by atoms with van der Waals surface area (Å²) in [5, 5.41) is 2.50. The van der Waals surface area contributed by atoms with Crippen molar-refractivity contribution >= 4 is 29.7 Å². The molecule has 148 valence electrons. The fourth-order valence-corrected chi connectivity index (χ4v) is 3.12. The van der Waals surface area contributed by atoms with Crippen molar-refractivity contribution in [2.24, 2.45) is 0 Å². The SMILES string of the molecule is CCCCN1C(=O)c2ccc(C(=O)O[C@@H](C)C(=O)N3CCNC3=O)cc2C1=O. The van der Waals surface area contributed by atoms with Crippen LogP contribution in [0.1, 0.15) is 57.8 Å². The van der Waals surface area contributed by atoms with E-state index in [9.17, 15) is 24.0 Å². The molecule has 28 heavy (non-hydrogen) atoms. The third kappa shape index (κ3) is 3.47. The van der Waals surface area contributed by atoms with Crippen molar-refractivity contribution in [3.63, 3.8) is 0 Å². The first-order chi connectivity index (χ1) is 13.3. The molecule has 1 N–H and O–H groups in total. The van der Waals surface area contributed by atoms with E-state index in [2.05, 4.69) is 5.32 Å². The minimum absolute atomic E-state index is 0.0581. The number of imide groups is 2. The van der Waals surface area contributed by atoms with Crippen molar-refractivity contribution in [2.45, 2.75) is 32.8 Å². The number of nitrogens with zero attached hydrogens (tertiary/aromatic N) is 2. The highest BCUT2D eigenvalue weighted by atomic mass is 16.5. The highest BCUT2D eigenvalue weighted by molar-refractivity contribution is 6.22. The van der Waals surface area contributed by atoms with E-state index in [1.54, 1.807) is 0 Å². The van der Waals surface area contributed by atoms with Gasteiger partial charge in [-0.3, -0.25) is 24.2 Å². The number of esters is 1. The van der Waals surface area contributed by atoms with Crippen molar-refractivity contribution in [3.05, 3.63) is 34.9 Å². The second-order valence-corrected chi connectivity index (χ2v) is 6.65. The Labute approximate surface area is 161 Å². The molecule has 9 nitrogen and oxygen atoms in total. The largest absolute Gasteiger partial charge is 0.449 e. The Hall–Kier alpha value is -3.23. The number of ether oxygens (including phenoxy) is 1. The zero-order valence-corrected chi connectivity index (χ0v) is 15.7. The van der Waals surface area contributed by atoms with Gasteiger partial charge < -0.3 is 10.1 Å². The Morgan fingerprint density at radius 2 is 1.89 bits per heavy atom. The Balaban J connectivity index is 1.72. The van der Waals surface area contributed by atoms with E-state index in [0.29, 0.717) is 19.5 Å². The molecular formula is C19H21N3O6. The molecule has 0 saturated carbocycles. The number of carbonyl (C=O) groups is 5. The Morgan fingerprint density at radius 1 is 1.18 bits per heavy atom. The lowest BCUT2D eigenvalue weighted by Crippen LogP contribution is -2.41. The van der Waals surface area contributed by atoms with Crippen molar-refractivity contribution in [2.75, 3.05) is 19.6 Å². The Morgan fingerprint density at radius 3 is 2.54 bits per heavy atom. The van der Waals surface area contributed by atoms with E-state index in [-0.39, 0.29) is 29.1 Å². The standard InChI is InChI=1S/C19H21N3O6/c1-3-4-8-21-16(24)13-6-5-12(10-14(13)17(21)25)18(26)28-11(2)15(23)22-9-7-20-19(22)27/h5-6,10-11H,3-4,7-9H2,1-2H3,(H,20,27)/t11-/m0/s1. The molecule has 2 heterocycles. The lowest BCUT2D eigenvalue weighted by molar-refractivity contribution is -0.136. The van der Waals surface area contributed by atoms with Crippen molar-refractivity contribution in [1.82, 2.24) is 15.1 Å². The van der Waals surface area contributed by atoms with Crippen LogP contribution in [-0.2, 0) is 9.53 Å². The average molecular weight is 387 g/mol. The van der Waals surface area contributed by atoms with Crippen LogP contribution in [0.4, 0.5) is 4.79 Å². The van der Waals surface area contributed by atoms with Gasteiger partial charge in [-0.2, -0.15) is 0 Å². The molecule has 2 aliphatic heterocycles. The molecule has 0 spiro atoms. The van der Waals surface area contributed by atoms with Gasteiger partial charge in [0.2, 0.25) is 0 Å². The van der Waals surface area contributed by atoms with Crippen LogP contribution in [0, 0.1) is 0 Å². The minimum atomic E-state index is -1.16. The summed E-state index contributed by atoms with van der Waals surface area (Å²) < 4.78 is 5.15. The van der Waals surface area contributed by atoms with Gasteiger partial charge in [-0.05, 0) is 31.5 Å². The maximum Gasteiger partial charge on any atom is 0.338 e. The summed E-state index contributed by atoms with van der Waals surface area (Å²) in [4.78, 5) is 63.1. The van der Waals surface area contributed by atoms with Gasteiger partial charge in [-0.1, -0.05) is 13.3 Å². The second kappa shape index (κ2) is 7.79. The van der Waals surface area contributed by atoms with Crippen molar-refractivity contribution < 1.29 is 28.7 Å². The highest BCUT2D eigenvalue weighted by Gasteiger charge is 2.36. The summed E-state index contributed by atoms with van der Waals surface area (Å²) in [6, 6.07) is 3.58. The lowest BCUT2D eigenvalue weighted by Gasteiger charge is -2.18. The topological polar surface area (TPSA) is 113 Å². The van der Waals surface area contributed by atoms with Gasteiger partial charge in [-0.15, -0.1) is 0 Å². The molecule has 1 fully saturated rings. The third-order valence-corrected chi connectivity index (χ3v) is 4.70. The fourth-order valence-electron chi connectivity index (χ4n) is 3.12. The molecule has 5 amide bonds. The summed E-state index contributed by atoms with van der Waals surface area (Å²) in [6.45, 7) is 4.22. The van der Waals surface area contributed by atoms with E-state index in [0.717, 1.165) is 11.3 Å². The van der Waals surface area contributed by atoms with Gasteiger partial charge in [0.25, 0.3) is 17.7 Å². The Kier molecular flexibility index (Phi) is 5.43. The monoisotopic (exact) mass is 387 g/mol. The molecule has 1 aromatic carbocycles. The van der Waals surface area contributed by atoms with Crippen LogP contribution in [0.15, 0.2) is 18.2 Å². The van der Waals surface area contributed by atoms with Gasteiger partial charge >= 0.3 is 12.0 Å². The van der Waals surface area contributed by atoms with Crippen molar-refractivity contribution in [1.29, 1.82) is 0 Å². The van der Waals surface area contributed by atoms with Crippen LogP contribution in [0.5, 0.6) is 0 Å². The smallest absolute Gasteiger partial charge is 0.338 e. The quantitative estimate of drug-likeness (QED) is 0.579. The number of carbonyl (C=O) groups excluding carboxylic acids is 5. The summed E-state index contributed by atoms with van der Waals surface area (Å²) in [6.07, 6.45) is 0.374. The molecule has 1 atom stereocenters. The Bertz CT molecular complexity index is 865. The van der Waals surface area contributed by atoms with Crippen LogP contribution < -0.4 is 5.32 Å². The maximum absolute atomic E-state index is 12.5. The van der Waals surface area contributed by atoms with Crippen LogP contribution in [0.2, 0.25) is 0 Å². The number of urea groups is 1. The predicted molar refractivity (Wildman–Crippen MR) is 96.7 cm³/mol. The van der Waals surface area contributed by atoms with E-state index in [1.165, 1.54) is 30.0 Å². The number of nitrogens with one attached hydrogen (secondary N) is 1. The summed E-state index contributed by atoms with van der Waals surface area (Å²) in [5.74, 6) is -2.25. The number of fused-ring (bicyclic) bond motifs is 1. The summed E-state index contributed by atoms with van der Waals surface area (Å²) in [5.41, 5.74) is 0.451. The molecular weight excluding hydrogens is 366 g/mol. The first kappa shape index (κ1) is 19.5. The number of benzene rings is 1. The average Bonchev–Trinajstić information content (AvgIpc) is 3.21. The fraction of sp³-hybridized carbons (Fsp3) is 0.421. The normalized spacial score (nSPS) is 16.9. The van der Waals surface area contributed by atoms with Crippen LogP contribution in [0.25, 0.3) is 0 Å². The molecule has 9 heteroatoms. The van der Waals surface area contributed by atoms with E-state index >= 15 is 0 Å². The zero-order chi connectivity index (χ0) is 20.4. The molecule has 1 aromatic rings.